The quantitative estimate of drug-likeness (QED) is 0.293. The third-order valence-electron chi connectivity index (χ3n) is 5.64. The number of carbonyl (C=O) groups excluding carboxylic acids is 3. The topological polar surface area (TPSA) is 120 Å². The monoisotopic (exact) mass is 468 g/mol. The van der Waals surface area contributed by atoms with Crippen LogP contribution in [0.5, 0.6) is 5.75 Å². The molecule has 10 heteroatoms. The van der Waals surface area contributed by atoms with E-state index in [1.54, 1.807) is 23.7 Å². The maximum absolute atomic E-state index is 12.8. The van der Waals surface area contributed by atoms with Gasteiger partial charge in [0, 0.05) is 24.5 Å². The first kappa shape index (κ1) is 25.7. The molecule has 0 aliphatic heterocycles. The summed E-state index contributed by atoms with van der Waals surface area (Å²) in [4.78, 5) is 38.1. The first-order valence-electron chi connectivity index (χ1n) is 10.9. The van der Waals surface area contributed by atoms with Crippen LogP contribution in [0.25, 0.3) is 0 Å². The fraction of sp³-hybridized carbons (Fsp3) is 0.591. The standard InChI is InChI=1S/C22H33ClN4O5/c1-15(13-24-22(30)25-18-12-17(23)7-8-19(18)32-2)11-21(29)27(14-20(28)26-31)10-9-16-5-3-4-6-16/h7-8,12,15-16,31H,3-6,9-11,13-14H2,1-2H3,(H,26,28)(H2,24,25,30)/t15-/m0/s1. The highest BCUT2D eigenvalue weighted by atomic mass is 35.5. The van der Waals surface area contributed by atoms with Gasteiger partial charge in [0.2, 0.25) is 5.91 Å². The van der Waals surface area contributed by atoms with Crippen molar-refractivity contribution in [3.8, 4) is 5.75 Å². The van der Waals surface area contributed by atoms with Gasteiger partial charge in [0.05, 0.1) is 12.8 Å². The van der Waals surface area contributed by atoms with Gasteiger partial charge in [0.15, 0.2) is 0 Å². The average Bonchev–Trinajstić information content (AvgIpc) is 3.28. The molecule has 1 aliphatic rings. The maximum Gasteiger partial charge on any atom is 0.319 e. The number of hydroxylamine groups is 1. The van der Waals surface area contributed by atoms with Crippen LogP contribution in [-0.2, 0) is 9.59 Å². The van der Waals surface area contributed by atoms with Crippen LogP contribution >= 0.6 is 11.6 Å². The van der Waals surface area contributed by atoms with Crippen molar-refractivity contribution in [1.29, 1.82) is 0 Å². The van der Waals surface area contributed by atoms with E-state index in [1.807, 2.05) is 6.92 Å². The van der Waals surface area contributed by atoms with Gasteiger partial charge in [-0.2, -0.15) is 0 Å². The van der Waals surface area contributed by atoms with Crippen LogP contribution in [0.2, 0.25) is 5.02 Å². The van der Waals surface area contributed by atoms with Crippen LogP contribution in [0.1, 0.15) is 45.4 Å². The molecule has 1 aromatic rings. The molecular weight excluding hydrogens is 436 g/mol. The molecular formula is C22H33ClN4O5. The summed E-state index contributed by atoms with van der Waals surface area (Å²) in [6, 6.07) is 4.46. The van der Waals surface area contributed by atoms with E-state index in [-0.39, 0.29) is 31.3 Å². The summed E-state index contributed by atoms with van der Waals surface area (Å²) < 4.78 is 5.20. The Labute approximate surface area is 193 Å². The lowest BCUT2D eigenvalue weighted by molar-refractivity contribution is -0.140. The van der Waals surface area contributed by atoms with Gasteiger partial charge in [0.1, 0.15) is 12.3 Å². The second-order valence-electron chi connectivity index (χ2n) is 8.28. The zero-order valence-electron chi connectivity index (χ0n) is 18.7. The smallest absolute Gasteiger partial charge is 0.319 e. The Hall–Kier alpha value is -2.52. The van der Waals surface area contributed by atoms with Gasteiger partial charge in [-0.3, -0.25) is 14.8 Å². The lowest BCUT2D eigenvalue weighted by atomic mass is 10.0. The van der Waals surface area contributed by atoms with Crippen molar-refractivity contribution in [1.82, 2.24) is 15.7 Å². The van der Waals surface area contributed by atoms with Gasteiger partial charge >= 0.3 is 6.03 Å². The van der Waals surface area contributed by atoms with Gasteiger partial charge in [-0.15, -0.1) is 0 Å². The van der Waals surface area contributed by atoms with Crippen molar-refractivity contribution in [2.45, 2.75) is 45.4 Å². The number of nitrogens with zero attached hydrogens (tertiary/aromatic N) is 1. The number of halogens is 1. The van der Waals surface area contributed by atoms with Gasteiger partial charge in [-0.1, -0.05) is 44.2 Å². The SMILES string of the molecule is COc1ccc(Cl)cc1NC(=O)NC[C@@H](C)CC(=O)N(CCC1CCCC1)CC(=O)NO. The number of carbonyl (C=O) groups is 3. The number of hydrogen-bond donors (Lipinski definition) is 4. The maximum atomic E-state index is 12.8. The Morgan fingerprint density at radius 1 is 1.28 bits per heavy atom. The van der Waals surface area contributed by atoms with Crippen molar-refractivity contribution in [3.05, 3.63) is 23.2 Å². The van der Waals surface area contributed by atoms with Crippen molar-refractivity contribution >= 4 is 35.1 Å². The van der Waals surface area contributed by atoms with Crippen LogP contribution in [0.15, 0.2) is 18.2 Å². The number of anilines is 1. The zero-order chi connectivity index (χ0) is 23.5. The van der Waals surface area contributed by atoms with E-state index in [1.165, 1.54) is 24.9 Å². The highest BCUT2D eigenvalue weighted by Gasteiger charge is 2.22. The minimum absolute atomic E-state index is 0.152. The number of amides is 4. The highest BCUT2D eigenvalue weighted by molar-refractivity contribution is 6.31. The van der Waals surface area contributed by atoms with Crippen molar-refractivity contribution in [3.63, 3.8) is 0 Å². The van der Waals surface area contributed by atoms with Crippen LogP contribution in [0.3, 0.4) is 0 Å². The van der Waals surface area contributed by atoms with Crippen molar-refractivity contribution in [2.24, 2.45) is 11.8 Å². The molecule has 32 heavy (non-hydrogen) atoms. The third kappa shape index (κ3) is 8.55. The van der Waals surface area contributed by atoms with Gasteiger partial charge < -0.3 is 20.3 Å². The van der Waals surface area contributed by atoms with E-state index in [0.29, 0.717) is 28.9 Å². The van der Waals surface area contributed by atoms with Crippen LogP contribution in [0, 0.1) is 11.8 Å². The summed E-state index contributed by atoms with van der Waals surface area (Å²) in [5.74, 6) is 0.102. The van der Waals surface area contributed by atoms with Crippen molar-refractivity contribution < 1.29 is 24.3 Å². The minimum atomic E-state index is -0.620. The van der Waals surface area contributed by atoms with Gasteiger partial charge in [0.25, 0.3) is 5.91 Å². The normalized spacial score (nSPS) is 14.5. The summed E-state index contributed by atoms with van der Waals surface area (Å²) in [6.45, 7) is 2.41. The number of ether oxygens (including phenoxy) is 1. The Morgan fingerprint density at radius 2 is 2.00 bits per heavy atom. The van der Waals surface area contributed by atoms with E-state index in [0.717, 1.165) is 19.3 Å². The molecule has 1 aromatic carbocycles. The third-order valence-corrected chi connectivity index (χ3v) is 5.87. The number of benzene rings is 1. The molecule has 178 valence electrons. The molecule has 2 rings (SSSR count). The largest absolute Gasteiger partial charge is 0.495 e. The van der Waals surface area contributed by atoms with Crippen LogP contribution in [0.4, 0.5) is 10.5 Å². The number of urea groups is 1. The van der Waals surface area contributed by atoms with E-state index in [2.05, 4.69) is 10.6 Å². The van der Waals surface area contributed by atoms with Crippen LogP contribution in [-0.4, -0.2) is 54.7 Å². The second-order valence-corrected chi connectivity index (χ2v) is 8.71. The molecule has 1 saturated carbocycles. The number of methoxy groups -OCH3 is 1. The molecule has 0 unspecified atom stereocenters. The first-order valence-corrected chi connectivity index (χ1v) is 11.3. The molecule has 0 heterocycles. The molecule has 1 aliphatic carbocycles. The number of hydrogen-bond acceptors (Lipinski definition) is 5. The summed E-state index contributed by atoms with van der Waals surface area (Å²) in [7, 11) is 1.50. The summed E-state index contributed by atoms with van der Waals surface area (Å²) >= 11 is 5.97. The Kier molecular flexibility index (Phi) is 10.6. The van der Waals surface area contributed by atoms with E-state index < -0.39 is 11.9 Å². The zero-order valence-corrected chi connectivity index (χ0v) is 19.4. The second kappa shape index (κ2) is 13.1. The van der Waals surface area contributed by atoms with E-state index >= 15 is 0 Å². The molecule has 9 nitrogen and oxygen atoms in total. The molecule has 0 bridgehead atoms. The average molecular weight is 469 g/mol. The molecule has 1 atom stereocenters. The predicted molar refractivity (Wildman–Crippen MR) is 122 cm³/mol. The molecule has 1 fully saturated rings. The summed E-state index contributed by atoms with van der Waals surface area (Å²) in [5.41, 5.74) is 2.03. The fourth-order valence-corrected chi connectivity index (χ4v) is 4.02. The lowest BCUT2D eigenvalue weighted by Crippen LogP contribution is -2.42. The highest BCUT2D eigenvalue weighted by Crippen LogP contribution is 2.28. The molecule has 0 saturated heterocycles. The Balaban J connectivity index is 1.83. The van der Waals surface area contributed by atoms with Crippen molar-refractivity contribution in [2.75, 3.05) is 32.1 Å². The molecule has 0 aromatic heterocycles. The number of nitrogens with one attached hydrogen (secondary N) is 3. The Morgan fingerprint density at radius 3 is 2.66 bits per heavy atom. The van der Waals surface area contributed by atoms with Gasteiger partial charge in [-0.25, -0.2) is 10.3 Å². The first-order chi connectivity index (χ1) is 15.3. The molecule has 4 N–H and O–H groups in total. The van der Waals surface area contributed by atoms with E-state index in [9.17, 15) is 14.4 Å². The van der Waals surface area contributed by atoms with Gasteiger partial charge in [-0.05, 0) is 36.5 Å². The molecule has 0 radical (unpaired) electrons. The van der Waals surface area contributed by atoms with E-state index in [4.69, 9.17) is 21.5 Å². The summed E-state index contributed by atoms with van der Waals surface area (Å²) in [6.07, 6.45) is 5.75. The molecule has 0 spiro atoms. The molecule has 4 amide bonds. The number of rotatable bonds is 11. The summed E-state index contributed by atoms with van der Waals surface area (Å²) in [5, 5.41) is 14.7. The lowest BCUT2D eigenvalue weighted by Gasteiger charge is -2.25. The predicted octanol–water partition coefficient (Wildman–Crippen LogP) is 3.41. The fourth-order valence-electron chi connectivity index (χ4n) is 3.85. The minimum Gasteiger partial charge on any atom is -0.495 e. The van der Waals surface area contributed by atoms with Crippen LogP contribution < -0.4 is 20.9 Å². The Bertz CT molecular complexity index is 786.